The number of hydrogen-bond acceptors (Lipinski definition) is 3. The minimum absolute atomic E-state index is 0.0291. The van der Waals surface area contributed by atoms with Crippen molar-refractivity contribution >= 4 is 17.5 Å². The maximum Gasteiger partial charge on any atom is 0.244 e. The Bertz CT molecular complexity index is 1350. The van der Waals surface area contributed by atoms with E-state index in [4.69, 9.17) is 5.73 Å². The first kappa shape index (κ1) is 59.9. The normalized spacial score (nSPS) is 9.49. The Kier molecular flexibility index (Phi) is 51.9. The van der Waals surface area contributed by atoms with E-state index in [1.54, 1.807) is 20.0 Å². The van der Waals surface area contributed by atoms with E-state index in [2.05, 4.69) is 87.1 Å². The predicted octanol–water partition coefficient (Wildman–Crippen LogP) is 14.3. The number of unbranched alkanes of at least 4 members (excludes halogenated alkanes) is 1. The molecule has 3 aromatic carbocycles. The predicted molar refractivity (Wildman–Crippen MR) is 247 cm³/mol. The van der Waals surface area contributed by atoms with Crippen molar-refractivity contribution in [2.75, 3.05) is 0 Å². The standard InChI is InChI=1S/C16H16O.C10H14.C8H11N.C4H8N2O.C4H10.4C2H6/c1-13(17)16(15-10-6-3-7-11-15)12-14-8-4-2-5-9-14;1-3-9-6-5-7-10(4-2)8-9;1-2-4-8-5-3-6-9-7-8;1-3(5)6-4(2)7;1-3-4-2;4*1-2/h2-11,16H,12H2,1H3;5-8H,3-4H2,1-2H3;3,5-7H,2,4H2,1H3;1-2H3,(H2,5,6,7);3-4H2,1-2H3;4*1-2H3. The van der Waals surface area contributed by atoms with E-state index in [1.165, 1.54) is 48.4 Å². The molecule has 0 radical (unpaired) electrons. The lowest BCUT2D eigenvalue weighted by Crippen LogP contribution is -2.11. The SMILES string of the molecule is CC.CC.CC.CC.CC(=O)C(Cc1ccccc1)c1ccccc1.CC(=O)N=C(C)N.CCCC.CCCc1cccnc1.CCc1cccc(CC)c1. The van der Waals surface area contributed by atoms with Crippen LogP contribution in [0.2, 0.25) is 0 Å². The third kappa shape index (κ3) is 39.1. The number of pyridine rings is 1. The van der Waals surface area contributed by atoms with Crippen molar-refractivity contribution in [1.29, 1.82) is 0 Å². The molecule has 0 aliphatic rings. The molecule has 0 bridgehead atoms. The Morgan fingerprint density at radius 2 is 1.02 bits per heavy atom. The van der Waals surface area contributed by atoms with E-state index in [0.29, 0.717) is 5.84 Å². The molecule has 1 aromatic heterocycles. The van der Waals surface area contributed by atoms with Gasteiger partial charge in [-0.25, -0.2) is 4.99 Å². The maximum atomic E-state index is 11.7. The third-order valence-electron chi connectivity index (χ3n) is 6.88. The van der Waals surface area contributed by atoms with Crippen molar-refractivity contribution in [1.82, 2.24) is 4.98 Å². The molecule has 5 nitrogen and oxygen atoms in total. The number of amidine groups is 1. The Balaban J connectivity index is -0.000000192. The van der Waals surface area contributed by atoms with Crippen molar-refractivity contribution in [3.63, 3.8) is 0 Å². The molecule has 1 unspecified atom stereocenters. The number of nitrogens with zero attached hydrogens (tertiary/aromatic N) is 2. The molecule has 4 aromatic rings. The van der Waals surface area contributed by atoms with Gasteiger partial charge in [0.1, 0.15) is 5.78 Å². The maximum absolute atomic E-state index is 11.7. The molecule has 1 amide bonds. The summed E-state index contributed by atoms with van der Waals surface area (Å²) < 4.78 is 0. The first-order chi connectivity index (χ1) is 26.6. The Morgan fingerprint density at radius 1 is 0.582 bits per heavy atom. The Hall–Kier alpha value is -4.38. The quantitative estimate of drug-likeness (QED) is 0.136. The van der Waals surface area contributed by atoms with Crippen molar-refractivity contribution in [3.8, 4) is 0 Å². The van der Waals surface area contributed by atoms with Crippen LogP contribution in [-0.4, -0.2) is 22.5 Å². The van der Waals surface area contributed by atoms with Crippen LogP contribution in [0.5, 0.6) is 0 Å². The average molecular weight is 758 g/mol. The van der Waals surface area contributed by atoms with Crippen LogP contribution in [0.4, 0.5) is 0 Å². The lowest BCUT2D eigenvalue weighted by molar-refractivity contribution is -0.118. The van der Waals surface area contributed by atoms with Crippen LogP contribution >= 0.6 is 0 Å². The molecule has 55 heavy (non-hydrogen) atoms. The molecule has 4 rings (SSSR count). The fourth-order valence-electron chi connectivity index (χ4n) is 4.18. The number of aryl methyl sites for hydroxylation is 3. The molecule has 1 heterocycles. The Morgan fingerprint density at radius 3 is 1.35 bits per heavy atom. The van der Waals surface area contributed by atoms with Crippen LogP contribution in [0.3, 0.4) is 0 Å². The van der Waals surface area contributed by atoms with Gasteiger partial charge in [-0.2, -0.15) is 0 Å². The number of aromatic nitrogens is 1. The zero-order chi connectivity index (χ0) is 43.3. The lowest BCUT2D eigenvalue weighted by Gasteiger charge is -2.14. The first-order valence-corrected chi connectivity index (χ1v) is 21.0. The smallest absolute Gasteiger partial charge is 0.244 e. The molecule has 1 atom stereocenters. The number of benzene rings is 3. The number of rotatable bonds is 9. The number of Topliss-reactive ketones (excluding diaryl/α,β-unsaturated/α-hetero) is 1. The van der Waals surface area contributed by atoms with Gasteiger partial charge in [0, 0.05) is 25.2 Å². The van der Waals surface area contributed by atoms with E-state index in [0.717, 1.165) is 31.2 Å². The number of carbonyl (C=O) groups is 2. The number of ketones is 1. The summed E-state index contributed by atoms with van der Waals surface area (Å²) in [5, 5.41) is 0. The number of amides is 1. The second kappa shape index (κ2) is 47.6. The third-order valence-corrected chi connectivity index (χ3v) is 6.88. The van der Waals surface area contributed by atoms with Gasteiger partial charge in [-0.15, -0.1) is 0 Å². The molecule has 0 aliphatic heterocycles. The van der Waals surface area contributed by atoms with Crippen LogP contribution in [0, 0.1) is 0 Å². The van der Waals surface area contributed by atoms with Gasteiger partial charge >= 0.3 is 0 Å². The summed E-state index contributed by atoms with van der Waals surface area (Å²) >= 11 is 0. The molecule has 0 aliphatic carbocycles. The molecular weight excluding hydrogens is 675 g/mol. The average Bonchev–Trinajstić information content (AvgIpc) is 3.24. The zero-order valence-electron chi connectivity index (χ0n) is 38.2. The van der Waals surface area contributed by atoms with Gasteiger partial charge in [0.25, 0.3) is 0 Å². The summed E-state index contributed by atoms with van der Waals surface area (Å²) in [6.45, 7) is 31.5. The van der Waals surface area contributed by atoms with Crippen molar-refractivity contribution < 1.29 is 9.59 Å². The molecule has 0 spiro atoms. The number of aliphatic imine (C=N–C) groups is 1. The van der Waals surface area contributed by atoms with Gasteiger partial charge in [0.05, 0.1) is 5.84 Å². The van der Waals surface area contributed by atoms with E-state index < -0.39 is 0 Å². The molecule has 0 saturated carbocycles. The van der Waals surface area contributed by atoms with Crippen LogP contribution in [0.1, 0.15) is 164 Å². The highest BCUT2D eigenvalue weighted by Crippen LogP contribution is 2.21. The summed E-state index contributed by atoms with van der Waals surface area (Å²) in [5.41, 5.74) is 11.5. The first-order valence-electron chi connectivity index (χ1n) is 21.0. The molecule has 0 fully saturated rings. The number of nitrogens with two attached hydrogens (primary N) is 1. The van der Waals surface area contributed by atoms with E-state index in [1.807, 2.05) is 116 Å². The van der Waals surface area contributed by atoms with Gasteiger partial charge < -0.3 is 5.73 Å². The highest BCUT2D eigenvalue weighted by Gasteiger charge is 2.16. The summed E-state index contributed by atoms with van der Waals surface area (Å²) in [4.78, 5) is 29.1. The second-order valence-corrected chi connectivity index (χ2v) is 11.2. The van der Waals surface area contributed by atoms with Crippen LogP contribution < -0.4 is 5.73 Å². The van der Waals surface area contributed by atoms with E-state index in [-0.39, 0.29) is 17.6 Å². The lowest BCUT2D eigenvalue weighted by atomic mass is 9.89. The molecule has 2 N–H and O–H groups in total. The zero-order valence-corrected chi connectivity index (χ0v) is 38.2. The summed E-state index contributed by atoms with van der Waals surface area (Å²) in [7, 11) is 0. The molecular formula is C50H83N3O2. The fourth-order valence-corrected chi connectivity index (χ4v) is 4.18. The molecule has 310 valence electrons. The van der Waals surface area contributed by atoms with Crippen molar-refractivity contribution in [2.45, 2.75) is 162 Å². The fraction of sp³-hybridized carbons (Fsp3) is 0.480. The summed E-state index contributed by atoms with van der Waals surface area (Å²) in [6, 6.07) is 33.0. The van der Waals surface area contributed by atoms with Gasteiger partial charge in [-0.1, -0.05) is 200 Å². The van der Waals surface area contributed by atoms with Crippen LogP contribution in [0.15, 0.2) is 114 Å². The van der Waals surface area contributed by atoms with Gasteiger partial charge in [0.2, 0.25) is 5.91 Å². The van der Waals surface area contributed by atoms with Crippen molar-refractivity contribution in [3.05, 3.63) is 137 Å². The summed E-state index contributed by atoms with van der Waals surface area (Å²) in [5.74, 6) is 0.256. The van der Waals surface area contributed by atoms with Gasteiger partial charge in [-0.05, 0) is 73.4 Å². The monoisotopic (exact) mass is 758 g/mol. The van der Waals surface area contributed by atoms with Gasteiger partial charge in [0.15, 0.2) is 0 Å². The highest BCUT2D eigenvalue weighted by molar-refractivity contribution is 5.90. The molecule has 0 saturated heterocycles. The second-order valence-electron chi connectivity index (χ2n) is 11.2. The van der Waals surface area contributed by atoms with E-state index >= 15 is 0 Å². The topological polar surface area (TPSA) is 85.4 Å². The Labute approximate surface area is 340 Å². The number of hydrogen-bond donors (Lipinski definition) is 1. The molecule has 5 heteroatoms. The van der Waals surface area contributed by atoms with Gasteiger partial charge in [-0.3, -0.25) is 14.6 Å². The van der Waals surface area contributed by atoms with Crippen LogP contribution in [0.25, 0.3) is 0 Å². The highest BCUT2D eigenvalue weighted by atomic mass is 16.1. The van der Waals surface area contributed by atoms with E-state index in [9.17, 15) is 9.59 Å². The largest absolute Gasteiger partial charge is 0.387 e. The van der Waals surface area contributed by atoms with Crippen LogP contribution in [-0.2, 0) is 35.3 Å². The minimum atomic E-state index is -0.250. The van der Waals surface area contributed by atoms with Crippen molar-refractivity contribution in [2.24, 2.45) is 10.7 Å². The number of carbonyl (C=O) groups excluding carboxylic acids is 2. The minimum Gasteiger partial charge on any atom is -0.387 e. The summed E-state index contributed by atoms with van der Waals surface area (Å²) in [6.07, 6.45) is 11.8.